The highest BCUT2D eigenvalue weighted by Gasteiger charge is 2.18. The summed E-state index contributed by atoms with van der Waals surface area (Å²) in [6, 6.07) is 7.25. The van der Waals surface area contributed by atoms with E-state index in [0.717, 1.165) is 19.5 Å². The Balaban J connectivity index is 2.41. The zero-order valence-corrected chi connectivity index (χ0v) is 12.2. The fourth-order valence-electron chi connectivity index (χ4n) is 2.27. The SMILES string of the molecule is CCNC(CC)C(C)N(C)CCc1ccccn1. The second-order valence-corrected chi connectivity index (χ2v) is 4.86. The molecular weight excluding hydrogens is 222 g/mol. The van der Waals surface area contributed by atoms with Gasteiger partial charge in [0.2, 0.25) is 0 Å². The van der Waals surface area contributed by atoms with Gasteiger partial charge in [0.25, 0.3) is 0 Å². The average molecular weight is 249 g/mol. The summed E-state index contributed by atoms with van der Waals surface area (Å²) in [5.74, 6) is 0. The normalized spacial score (nSPS) is 14.7. The van der Waals surface area contributed by atoms with Gasteiger partial charge in [-0.25, -0.2) is 0 Å². The van der Waals surface area contributed by atoms with Gasteiger partial charge >= 0.3 is 0 Å². The molecule has 0 aliphatic heterocycles. The van der Waals surface area contributed by atoms with Crippen molar-refractivity contribution in [3.63, 3.8) is 0 Å². The lowest BCUT2D eigenvalue weighted by atomic mass is 10.1. The van der Waals surface area contributed by atoms with Crippen LogP contribution >= 0.6 is 0 Å². The molecule has 0 spiro atoms. The molecule has 0 saturated heterocycles. The van der Waals surface area contributed by atoms with Crippen LogP contribution in [0.4, 0.5) is 0 Å². The fourth-order valence-corrected chi connectivity index (χ4v) is 2.27. The van der Waals surface area contributed by atoms with E-state index in [-0.39, 0.29) is 0 Å². The highest BCUT2D eigenvalue weighted by molar-refractivity contribution is 5.03. The Labute approximate surface area is 112 Å². The highest BCUT2D eigenvalue weighted by atomic mass is 15.2. The lowest BCUT2D eigenvalue weighted by Gasteiger charge is -2.32. The predicted molar refractivity (Wildman–Crippen MR) is 77.8 cm³/mol. The van der Waals surface area contributed by atoms with Gasteiger partial charge in [0.05, 0.1) is 0 Å². The minimum Gasteiger partial charge on any atom is -0.313 e. The lowest BCUT2D eigenvalue weighted by Crippen LogP contribution is -2.47. The van der Waals surface area contributed by atoms with E-state index in [2.05, 4.69) is 55.2 Å². The molecule has 2 atom stereocenters. The molecule has 0 radical (unpaired) electrons. The fraction of sp³-hybridized carbons (Fsp3) is 0.667. The van der Waals surface area contributed by atoms with Crippen molar-refractivity contribution in [3.8, 4) is 0 Å². The van der Waals surface area contributed by atoms with Gasteiger partial charge in [-0.3, -0.25) is 4.98 Å². The third-order valence-electron chi connectivity index (χ3n) is 3.63. The molecule has 2 unspecified atom stereocenters. The second-order valence-electron chi connectivity index (χ2n) is 4.86. The minimum absolute atomic E-state index is 0.554. The number of pyridine rings is 1. The van der Waals surface area contributed by atoms with E-state index in [4.69, 9.17) is 0 Å². The van der Waals surface area contributed by atoms with Gasteiger partial charge in [-0.15, -0.1) is 0 Å². The molecule has 1 rings (SSSR count). The number of nitrogens with one attached hydrogen (secondary N) is 1. The first-order valence-corrected chi connectivity index (χ1v) is 7.02. The number of likely N-dealkylation sites (N-methyl/N-ethyl adjacent to an activating group) is 2. The van der Waals surface area contributed by atoms with Crippen molar-refractivity contribution < 1.29 is 0 Å². The van der Waals surface area contributed by atoms with Crippen molar-refractivity contribution in [3.05, 3.63) is 30.1 Å². The van der Waals surface area contributed by atoms with E-state index in [1.54, 1.807) is 0 Å². The Morgan fingerprint density at radius 2 is 2.11 bits per heavy atom. The summed E-state index contributed by atoms with van der Waals surface area (Å²) in [4.78, 5) is 6.79. The maximum atomic E-state index is 4.37. The van der Waals surface area contributed by atoms with Crippen LogP contribution in [0.3, 0.4) is 0 Å². The number of hydrogen-bond donors (Lipinski definition) is 1. The number of rotatable bonds is 8. The molecule has 102 valence electrons. The molecule has 3 nitrogen and oxygen atoms in total. The van der Waals surface area contributed by atoms with Crippen LogP contribution in [0.25, 0.3) is 0 Å². The van der Waals surface area contributed by atoms with Gasteiger partial charge in [-0.1, -0.05) is 19.9 Å². The molecule has 0 aromatic carbocycles. The first-order chi connectivity index (χ1) is 8.69. The van der Waals surface area contributed by atoms with Crippen LogP contribution < -0.4 is 5.32 Å². The molecule has 0 aliphatic rings. The topological polar surface area (TPSA) is 28.2 Å². The summed E-state index contributed by atoms with van der Waals surface area (Å²) < 4.78 is 0. The Bertz CT molecular complexity index is 313. The summed E-state index contributed by atoms with van der Waals surface area (Å²) in [6.45, 7) is 8.81. The quantitative estimate of drug-likeness (QED) is 0.766. The molecule has 0 aliphatic carbocycles. The van der Waals surface area contributed by atoms with Crippen molar-refractivity contribution in [2.75, 3.05) is 20.1 Å². The van der Waals surface area contributed by atoms with Crippen LogP contribution in [0.2, 0.25) is 0 Å². The first kappa shape index (κ1) is 15.1. The average Bonchev–Trinajstić information content (AvgIpc) is 2.42. The Morgan fingerprint density at radius 3 is 2.67 bits per heavy atom. The number of aromatic nitrogens is 1. The van der Waals surface area contributed by atoms with Gasteiger partial charge in [-0.2, -0.15) is 0 Å². The molecule has 3 heteroatoms. The second kappa shape index (κ2) is 8.22. The third-order valence-corrected chi connectivity index (χ3v) is 3.63. The monoisotopic (exact) mass is 249 g/mol. The van der Waals surface area contributed by atoms with Crippen molar-refractivity contribution in [1.29, 1.82) is 0 Å². The maximum Gasteiger partial charge on any atom is 0.0416 e. The largest absolute Gasteiger partial charge is 0.313 e. The zero-order chi connectivity index (χ0) is 13.4. The minimum atomic E-state index is 0.554. The summed E-state index contributed by atoms with van der Waals surface area (Å²) >= 11 is 0. The first-order valence-electron chi connectivity index (χ1n) is 7.02. The zero-order valence-electron chi connectivity index (χ0n) is 12.2. The van der Waals surface area contributed by atoms with Crippen LogP contribution in [0, 0.1) is 0 Å². The summed E-state index contributed by atoms with van der Waals surface area (Å²) in [5.41, 5.74) is 1.17. The highest BCUT2D eigenvalue weighted by Crippen LogP contribution is 2.07. The Hall–Kier alpha value is -0.930. The van der Waals surface area contributed by atoms with Crippen molar-refractivity contribution in [1.82, 2.24) is 15.2 Å². The van der Waals surface area contributed by atoms with Crippen LogP contribution in [-0.4, -0.2) is 42.1 Å². The van der Waals surface area contributed by atoms with E-state index in [1.165, 1.54) is 12.1 Å². The third kappa shape index (κ3) is 4.75. The van der Waals surface area contributed by atoms with Gasteiger partial charge in [0.15, 0.2) is 0 Å². The molecule has 1 heterocycles. The van der Waals surface area contributed by atoms with E-state index in [1.807, 2.05) is 12.3 Å². The van der Waals surface area contributed by atoms with E-state index >= 15 is 0 Å². The van der Waals surface area contributed by atoms with E-state index < -0.39 is 0 Å². The van der Waals surface area contributed by atoms with Gasteiger partial charge in [-0.05, 0) is 39.1 Å². The molecule has 0 bridgehead atoms. The van der Waals surface area contributed by atoms with Crippen LogP contribution in [0.15, 0.2) is 24.4 Å². The molecule has 1 aromatic rings. The molecule has 18 heavy (non-hydrogen) atoms. The summed E-state index contributed by atoms with van der Waals surface area (Å²) in [5, 5.41) is 3.55. The van der Waals surface area contributed by atoms with Crippen LogP contribution in [-0.2, 0) is 6.42 Å². The van der Waals surface area contributed by atoms with Crippen LogP contribution in [0.5, 0.6) is 0 Å². The molecule has 1 aromatic heterocycles. The molecule has 0 fully saturated rings. The molecule has 1 N–H and O–H groups in total. The Morgan fingerprint density at radius 1 is 1.33 bits per heavy atom. The Kier molecular flexibility index (Phi) is 6.91. The van der Waals surface area contributed by atoms with Gasteiger partial charge in [0, 0.05) is 36.9 Å². The lowest BCUT2D eigenvalue weighted by molar-refractivity contribution is 0.205. The molecule has 0 amide bonds. The molecule has 0 saturated carbocycles. The summed E-state index contributed by atoms with van der Waals surface area (Å²) in [7, 11) is 2.20. The van der Waals surface area contributed by atoms with Crippen molar-refractivity contribution in [2.45, 2.75) is 45.7 Å². The van der Waals surface area contributed by atoms with Gasteiger partial charge < -0.3 is 10.2 Å². The van der Waals surface area contributed by atoms with E-state index in [0.29, 0.717) is 12.1 Å². The number of hydrogen-bond acceptors (Lipinski definition) is 3. The number of nitrogens with zero attached hydrogens (tertiary/aromatic N) is 2. The van der Waals surface area contributed by atoms with E-state index in [9.17, 15) is 0 Å². The van der Waals surface area contributed by atoms with Gasteiger partial charge in [0.1, 0.15) is 0 Å². The smallest absolute Gasteiger partial charge is 0.0416 e. The van der Waals surface area contributed by atoms with Crippen molar-refractivity contribution in [2.24, 2.45) is 0 Å². The van der Waals surface area contributed by atoms with Crippen molar-refractivity contribution >= 4 is 0 Å². The standard InChI is InChI=1S/C15H27N3/c1-5-15(16-6-2)13(3)18(4)12-10-14-9-7-8-11-17-14/h7-9,11,13,15-16H,5-6,10,12H2,1-4H3. The van der Waals surface area contributed by atoms with Crippen LogP contribution in [0.1, 0.15) is 32.9 Å². The molecular formula is C15H27N3. The predicted octanol–water partition coefficient (Wildman–Crippen LogP) is 2.33. The summed E-state index contributed by atoms with van der Waals surface area (Å²) in [6.07, 6.45) is 4.05. The maximum absolute atomic E-state index is 4.37.